The summed E-state index contributed by atoms with van der Waals surface area (Å²) in [4.78, 5) is 12.6. The summed E-state index contributed by atoms with van der Waals surface area (Å²) >= 11 is 5.09. The molecule has 3 heteroatoms. The van der Waals surface area contributed by atoms with Crippen LogP contribution >= 0.6 is 27.7 Å². The van der Waals surface area contributed by atoms with Gasteiger partial charge in [-0.3, -0.25) is 4.79 Å². The lowest BCUT2D eigenvalue weighted by Gasteiger charge is -2.06. The molecule has 1 aromatic rings. The lowest BCUT2D eigenvalue weighted by molar-refractivity contribution is -0.116. The Balaban J connectivity index is 2.03. The SMILES string of the molecule is O=C1CCCC1Sc1ccc(Br)cc1. The summed E-state index contributed by atoms with van der Waals surface area (Å²) in [5.74, 6) is 0.415. The van der Waals surface area contributed by atoms with Crippen molar-refractivity contribution in [2.45, 2.75) is 29.4 Å². The van der Waals surface area contributed by atoms with E-state index in [9.17, 15) is 4.79 Å². The van der Waals surface area contributed by atoms with E-state index in [4.69, 9.17) is 0 Å². The summed E-state index contributed by atoms with van der Waals surface area (Å²) in [7, 11) is 0. The maximum atomic E-state index is 11.4. The van der Waals surface area contributed by atoms with Gasteiger partial charge >= 0.3 is 0 Å². The Hall–Kier alpha value is -0.280. The van der Waals surface area contributed by atoms with Gasteiger partial charge in [0.05, 0.1) is 5.25 Å². The van der Waals surface area contributed by atoms with Gasteiger partial charge in [0, 0.05) is 15.8 Å². The lowest BCUT2D eigenvalue weighted by Crippen LogP contribution is -2.07. The number of hydrogen-bond acceptors (Lipinski definition) is 2. The molecule has 0 bridgehead atoms. The molecular weight excluding hydrogens is 260 g/mol. The molecule has 1 saturated carbocycles. The van der Waals surface area contributed by atoms with E-state index in [0.717, 1.165) is 23.7 Å². The molecule has 1 atom stereocenters. The summed E-state index contributed by atoms with van der Waals surface area (Å²) in [5.41, 5.74) is 0. The van der Waals surface area contributed by atoms with Crippen molar-refractivity contribution < 1.29 is 4.79 Å². The molecule has 74 valence electrons. The molecule has 1 aliphatic carbocycles. The highest BCUT2D eigenvalue weighted by Gasteiger charge is 2.24. The van der Waals surface area contributed by atoms with Crippen LogP contribution in [0, 0.1) is 0 Å². The Kier molecular flexibility index (Phi) is 3.29. The Morgan fingerprint density at radius 3 is 2.57 bits per heavy atom. The molecule has 0 heterocycles. The first kappa shape index (κ1) is 10.2. The predicted octanol–water partition coefficient (Wildman–Crippen LogP) is 3.66. The second-order valence-electron chi connectivity index (χ2n) is 3.42. The predicted molar refractivity (Wildman–Crippen MR) is 62.6 cm³/mol. The standard InChI is InChI=1S/C11H11BrOS/c12-8-4-6-9(7-5-8)14-11-3-1-2-10(11)13/h4-7,11H,1-3H2. The minimum Gasteiger partial charge on any atom is -0.298 e. The number of benzene rings is 1. The molecule has 0 N–H and O–H groups in total. The molecule has 1 aromatic carbocycles. The van der Waals surface area contributed by atoms with Crippen molar-refractivity contribution >= 4 is 33.5 Å². The third-order valence-electron chi connectivity index (χ3n) is 2.34. The lowest BCUT2D eigenvalue weighted by atomic mass is 10.3. The largest absolute Gasteiger partial charge is 0.298 e. The van der Waals surface area contributed by atoms with Gasteiger partial charge in [-0.15, -0.1) is 11.8 Å². The van der Waals surface area contributed by atoms with Crippen molar-refractivity contribution in [1.82, 2.24) is 0 Å². The minimum atomic E-state index is 0.205. The number of thioether (sulfide) groups is 1. The number of carbonyl (C=O) groups is 1. The van der Waals surface area contributed by atoms with Crippen LogP contribution in [-0.4, -0.2) is 11.0 Å². The molecule has 0 spiro atoms. The average molecular weight is 271 g/mol. The van der Waals surface area contributed by atoms with Crippen LogP contribution in [0.25, 0.3) is 0 Å². The van der Waals surface area contributed by atoms with Crippen LogP contribution in [0.4, 0.5) is 0 Å². The maximum Gasteiger partial charge on any atom is 0.146 e. The fourth-order valence-corrected chi connectivity index (χ4v) is 3.01. The van der Waals surface area contributed by atoms with Crippen molar-refractivity contribution in [2.24, 2.45) is 0 Å². The van der Waals surface area contributed by atoms with E-state index >= 15 is 0 Å². The number of halogens is 1. The van der Waals surface area contributed by atoms with Crippen LogP contribution in [0.1, 0.15) is 19.3 Å². The molecule has 1 aliphatic rings. The van der Waals surface area contributed by atoms with Gasteiger partial charge in [-0.25, -0.2) is 0 Å². The molecule has 0 aliphatic heterocycles. The van der Waals surface area contributed by atoms with E-state index in [1.807, 2.05) is 12.1 Å². The molecule has 0 saturated heterocycles. The van der Waals surface area contributed by atoms with Gasteiger partial charge in [-0.2, -0.15) is 0 Å². The number of hydrogen-bond donors (Lipinski definition) is 0. The van der Waals surface area contributed by atoms with Crippen molar-refractivity contribution in [3.63, 3.8) is 0 Å². The quantitative estimate of drug-likeness (QED) is 0.816. The zero-order valence-corrected chi connectivity index (χ0v) is 10.1. The molecule has 1 nitrogen and oxygen atoms in total. The fourth-order valence-electron chi connectivity index (χ4n) is 1.59. The highest BCUT2D eigenvalue weighted by Crippen LogP contribution is 2.32. The summed E-state index contributed by atoms with van der Waals surface area (Å²) in [6.07, 6.45) is 2.88. The monoisotopic (exact) mass is 270 g/mol. The van der Waals surface area contributed by atoms with Crippen molar-refractivity contribution in [3.05, 3.63) is 28.7 Å². The second kappa shape index (κ2) is 4.49. The van der Waals surface area contributed by atoms with Crippen molar-refractivity contribution in [2.75, 3.05) is 0 Å². The zero-order valence-electron chi connectivity index (χ0n) is 7.70. The van der Waals surface area contributed by atoms with E-state index in [1.165, 1.54) is 4.90 Å². The Morgan fingerprint density at radius 1 is 1.29 bits per heavy atom. The van der Waals surface area contributed by atoms with Crippen molar-refractivity contribution in [1.29, 1.82) is 0 Å². The first-order valence-corrected chi connectivity index (χ1v) is 6.38. The van der Waals surface area contributed by atoms with Crippen molar-refractivity contribution in [3.8, 4) is 0 Å². The van der Waals surface area contributed by atoms with Gasteiger partial charge in [-0.1, -0.05) is 15.9 Å². The Bertz CT molecular complexity index is 334. The average Bonchev–Trinajstić information content (AvgIpc) is 2.56. The van der Waals surface area contributed by atoms with E-state index in [2.05, 4.69) is 28.1 Å². The number of Topliss-reactive ketones (excluding diaryl/α,β-unsaturated/α-hetero) is 1. The summed E-state index contributed by atoms with van der Waals surface area (Å²) in [6, 6.07) is 8.14. The second-order valence-corrected chi connectivity index (χ2v) is 5.61. The molecule has 1 unspecified atom stereocenters. The topological polar surface area (TPSA) is 17.1 Å². The highest BCUT2D eigenvalue weighted by atomic mass is 79.9. The van der Waals surface area contributed by atoms with Crippen LogP contribution in [-0.2, 0) is 4.79 Å². The molecule has 2 rings (SSSR count). The van der Waals surface area contributed by atoms with Gasteiger partial charge in [0.15, 0.2) is 0 Å². The zero-order chi connectivity index (χ0) is 9.97. The smallest absolute Gasteiger partial charge is 0.146 e. The van der Waals surface area contributed by atoms with Crippen LogP contribution in [0.15, 0.2) is 33.6 Å². The van der Waals surface area contributed by atoms with Gasteiger partial charge in [0.2, 0.25) is 0 Å². The number of rotatable bonds is 2. The van der Waals surface area contributed by atoms with Crippen LogP contribution in [0.5, 0.6) is 0 Å². The number of ketones is 1. The van der Waals surface area contributed by atoms with E-state index in [1.54, 1.807) is 11.8 Å². The Labute approximate surface area is 96.4 Å². The van der Waals surface area contributed by atoms with Crippen LogP contribution in [0.3, 0.4) is 0 Å². The molecule has 0 radical (unpaired) electrons. The van der Waals surface area contributed by atoms with Gasteiger partial charge < -0.3 is 0 Å². The highest BCUT2D eigenvalue weighted by molar-refractivity contribution is 9.10. The molecule has 14 heavy (non-hydrogen) atoms. The number of carbonyl (C=O) groups excluding carboxylic acids is 1. The minimum absolute atomic E-state index is 0.205. The van der Waals surface area contributed by atoms with Gasteiger partial charge in [0.25, 0.3) is 0 Å². The summed E-state index contributed by atoms with van der Waals surface area (Å²) < 4.78 is 1.08. The molecule has 0 aromatic heterocycles. The Morgan fingerprint density at radius 2 is 2.00 bits per heavy atom. The first-order chi connectivity index (χ1) is 6.75. The van der Waals surface area contributed by atoms with Gasteiger partial charge in [0.1, 0.15) is 5.78 Å². The third kappa shape index (κ3) is 2.39. The summed E-state index contributed by atoms with van der Waals surface area (Å²) in [5, 5.41) is 0.205. The molecule has 0 amide bonds. The van der Waals surface area contributed by atoms with Gasteiger partial charge in [-0.05, 0) is 37.1 Å². The van der Waals surface area contributed by atoms with Crippen LogP contribution in [0.2, 0.25) is 0 Å². The van der Waals surface area contributed by atoms with E-state index in [-0.39, 0.29) is 5.25 Å². The first-order valence-electron chi connectivity index (χ1n) is 4.70. The normalized spacial score (nSPS) is 21.5. The maximum absolute atomic E-state index is 11.4. The fraction of sp³-hybridized carbons (Fsp3) is 0.364. The third-order valence-corrected chi connectivity index (χ3v) is 4.20. The summed E-state index contributed by atoms with van der Waals surface area (Å²) in [6.45, 7) is 0. The van der Waals surface area contributed by atoms with E-state index < -0.39 is 0 Å². The van der Waals surface area contributed by atoms with E-state index in [0.29, 0.717) is 5.78 Å². The van der Waals surface area contributed by atoms with Crippen LogP contribution < -0.4 is 0 Å². The molecule has 1 fully saturated rings. The molecular formula is C11H11BrOS.